The van der Waals surface area contributed by atoms with Crippen LogP contribution in [0.2, 0.25) is 0 Å². The van der Waals surface area contributed by atoms with Gasteiger partial charge in [-0.3, -0.25) is 4.40 Å². The van der Waals surface area contributed by atoms with Crippen molar-refractivity contribution in [3.63, 3.8) is 0 Å². The number of hydrogen-bond donors (Lipinski definition) is 1. The Morgan fingerprint density at radius 2 is 1.97 bits per heavy atom. The lowest BCUT2D eigenvalue weighted by molar-refractivity contribution is 0.340. The van der Waals surface area contributed by atoms with Crippen molar-refractivity contribution in [1.82, 2.24) is 19.7 Å². The summed E-state index contributed by atoms with van der Waals surface area (Å²) >= 11 is 7.50. The van der Waals surface area contributed by atoms with Gasteiger partial charge in [0.1, 0.15) is 6.61 Å². The fourth-order valence-corrected chi connectivity index (χ4v) is 3.89. The van der Waals surface area contributed by atoms with Crippen LogP contribution >= 0.6 is 22.9 Å². The smallest absolute Gasteiger partial charge is 0.218 e. The maximum atomic E-state index is 5.89. The maximum absolute atomic E-state index is 5.89. The molecule has 0 aliphatic rings. The maximum Gasteiger partial charge on any atom is 0.218 e. The van der Waals surface area contributed by atoms with Gasteiger partial charge in [0.15, 0.2) is 16.5 Å². The molecule has 1 aromatic carbocycles. The SMILES string of the molecule is C=C(Cl)COc1nc2cc(OC)c(OC)cc2cc1CNCc1cn2ccsc2n1. The number of nitrogens with one attached hydrogen (secondary N) is 1. The lowest BCUT2D eigenvalue weighted by Gasteiger charge is -2.14. The highest BCUT2D eigenvalue weighted by molar-refractivity contribution is 7.15. The summed E-state index contributed by atoms with van der Waals surface area (Å²) in [5.41, 5.74) is 2.60. The molecule has 7 nitrogen and oxygen atoms in total. The van der Waals surface area contributed by atoms with Crippen LogP contribution < -0.4 is 19.5 Å². The summed E-state index contributed by atoms with van der Waals surface area (Å²) in [7, 11) is 3.20. The molecule has 0 amide bonds. The van der Waals surface area contributed by atoms with Crippen LogP contribution in [0.4, 0.5) is 0 Å². The molecule has 4 rings (SSSR count). The van der Waals surface area contributed by atoms with E-state index in [1.54, 1.807) is 25.6 Å². The number of benzene rings is 1. The van der Waals surface area contributed by atoms with Crippen LogP contribution in [0.3, 0.4) is 0 Å². The molecule has 0 radical (unpaired) electrons. The Kier molecular flexibility index (Phi) is 6.08. The summed E-state index contributed by atoms with van der Waals surface area (Å²) in [5.74, 6) is 1.75. The number of fused-ring (bicyclic) bond motifs is 2. The van der Waals surface area contributed by atoms with Crippen molar-refractivity contribution in [2.75, 3.05) is 20.8 Å². The summed E-state index contributed by atoms with van der Waals surface area (Å²) in [5, 5.41) is 6.75. The molecule has 1 N–H and O–H groups in total. The Labute approximate surface area is 182 Å². The number of rotatable bonds is 9. The standard InChI is InChI=1S/C21H21ClN4O3S/c1-13(22)12-29-20-15(9-23-10-16-11-26-4-5-30-21(26)24-16)6-14-7-18(27-2)19(28-3)8-17(14)25-20/h4-8,11,23H,1,9-10,12H2,2-3H3. The molecule has 0 unspecified atom stereocenters. The highest BCUT2D eigenvalue weighted by Gasteiger charge is 2.13. The molecule has 3 heterocycles. The number of imidazole rings is 1. The molecule has 0 aliphatic heterocycles. The Bertz CT molecular complexity index is 1180. The first kappa shape index (κ1) is 20.5. The van der Waals surface area contributed by atoms with Gasteiger partial charge in [-0.25, -0.2) is 9.97 Å². The third kappa shape index (κ3) is 4.35. The molecule has 0 bridgehead atoms. The summed E-state index contributed by atoms with van der Waals surface area (Å²) in [6.45, 7) is 5.03. The van der Waals surface area contributed by atoms with Gasteiger partial charge in [-0.15, -0.1) is 11.3 Å². The highest BCUT2D eigenvalue weighted by Crippen LogP contribution is 2.33. The molecule has 0 saturated heterocycles. The molecule has 30 heavy (non-hydrogen) atoms. The molecule has 156 valence electrons. The zero-order valence-corrected chi connectivity index (χ0v) is 18.2. The predicted molar refractivity (Wildman–Crippen MR) is 119 cm³/mol. The second-order valence-electron chi connectivity index (χ2n) is 6.59. The third-order valence-corrected chi connectivity index (χ3v) is 5.37. The van der Waals surface area contributed by atoms with Crippen LogP contribution in [0, 0.1) is 0 Å². The van der Waals surface area contributed by atoms with Crippen LogP contribution in [0.15, 0.2) is 47.6 Å². The van der Waals surface area contributed by atoms with Crippen molar-refractivity contribution in [2.24, 2.45) is 0 Å². The zero-order chi connectivity index (χ0) is 21.1. The molecule has 0 aliphatic carbocycles. The van der Waals surface area contributed by atoms with E-state index in [-0.39, 0.29) is 6.61 Å². The van der Waals surface area contributed by atoms with E-state index in [9.17, 15) is 0 Å². The van der Waals surface area contributed by atoms with Crippen molar-refractivity contribution < 1.29 is 14.2 Å². The van der Waals surface area contributed by atoms with E-state index < -0.39 is 0 Å². The number of aromatic nitrogens is 3. The number of nitrogens with zero attached hydrogens (tertiary/aromatic N) is 3. The number of ether oxygens (including phenoxy) is 3. The molecular formula is C21H21ClN4O3S. The normalized spacial score (nSPS) is 11.2. The van der Waals surface area contributed by atoms with Gasteiger partial charge in [-0.2, -0.15) is 0 Å². The summed E-state index contributed by atoms with van der Waals surface area (Å²) in [4.78, 5) is 10.2. The average molecular weight is 445 g/mol. The van der Waals surface area contributed by atoms with Gasteiger partial charge >= 0.3 is 0 Å². The Hall–Kier alpha value is -2.81. The lowest BCUT2D eigenvalue weighted by Crippen LogP contribution is -2.15. The first-order valence-electron chi connectivity index (χ1n) is 9.21. The van der Waals surface area contributed by atoms with E-state index in [4.69, 9.17) is 25.8 Å². The van der Waals surface area contributed by atoms with Crippen LogP contribution in [-0.2, 0) is 13.1 Å². The molecule has 3 aromatic heterocycles. The van der Waals surface area contributed by atoms with E-state index in [1.165, 1.54) is 0 Å². The molecule has 4 aromatic rings. The topological polar surface area (TPSA) is 69.9 Å². The van der Waals surface area contributed by atoms with Gasteiger partial charge < -0.3 is 19.5 Å². The van der Waals surface area contributed by atoms with E-state index in [2.05, 4.69) is 21.9 Å². The largest absolute Gasteiger partial charge is 0.493 e. The van der Waals surface area contributed by atoms with E-state index in [0.717, 1.165) is 27.1 Å². The number of halogens is 1. The van der Waals surface area contributed by atoms with Crippen LogP contribution in [-0.4, -0.2) is 35.2 Å². The molecule has 0 atom stereocenters. The summed E-state index contributed by atoms with van der Waals surface area (Å²) in [6.07, 6.45) is 4.01. The molecule has 9 heteroatoms. The zero-order valence-electron chi connectivity index (χ0n) is 16.6. The minimum absolute atomic E-state index is 0.178. The van der Waals surface area contributed by atoms with Crippen molar-refractivity contribution in [1.29, 1.82) is 0 Å². The van der Waals surface area contributed by atoms with Gasteiger partial charge in [0.05, 0.1) is 25.4 Å². The fourth-order valence-electron chi connectivity index (χ4n) is 3.11. The van der Waals surface area contributed by atoms with Crippen molar-refractivity contribution in [2.45, 2.75) is 13.1 Å². The second kappa shape index (κ2) is 8.91. The predicted octanol–water partition coefficient (Wildman–Crippen LogP) is 4.38. The van der Waals surface area contributed by atoms with E-state index in [0.29, 0.717) is 35.5 Å². The molecular weight excluding hydrogens is 424 g/mol. The van der Waals surface area contributed by atoms with Crippen LogP contribution in [0.1, 0.15) is 11.3 Å². The van der Waals surface area contributed by atoms with Crippen molar-refractivity contribution >= 4 is 38.8 Å². The van der Waals surface area contributed by atoms with Crippen LogP contribution in [0.5, 0.6) is 17.4 Å². The fraction of sp³-hybridized carbons (Fsp3) is 0.238. The van der Waals surface area contributed by atoms with Gasteiger partial charge in [-0.1, -0.05) is 18.2 Å². The van der Waals surface area contributed by atoms with Crippen molar-refractivity contribution in [3.05, 3.63) is 58.8 Å². The first-order valence-corrected chi connectivity index (χ1v) is 10.5. The van der Waals surface area contributed by atoms with Gasteiger partial charge in [-0.05, 0) is 12.1 Å². The molecule has 0 saturated carbocycles. The Morgan fingerprint density at radius 3 is 2.70 bits per heavy atom. The van der Waals surface area contributed by atoms with E-state index in [1.807, 2.05) is 40.4 Å². The quantitative estimate of drug-likeness (QED) is 0.413. The number of methoxy groups -OCH3 is 2. The number of thiazole rings is 1. The molecule has 0 fully saturated rings. The lowest BCUT2D eigenvalue weighted by atomic mass is 10.1. The number of pyridine rings is 1. The average Bonchev–Trinajstić information content (AvgIpc) is 3.33. The number of hydrogen-bond acceptors (Lipinski definition) is 7. The van der Waals surface area contributed by atoms with Crippen molar-refractivity contribution in [3.8, 4) is 17.4 Å². The summed E-state index contributed by atoms with van der Waals surface area (Å²) in [6, 6.07) is 5.75. The summed E-state index contributed by atoms with van der Waals surface area (Å²) < 4.78 is 18.6. The van der Waals surface area contributed by atoms with Crippen LogP contribution in [0.25, 0.3) is 15.9 Å². The van der Waals surface area contributed by atoms with E-state index >= 15 is 0 Å². The third-order valence-electron chi connectivity index (χ3n) is 4.49. The Balaban J connectivity index is 1.59. The minimum Gasteiger partial charge on any atom is -0.493 e. The van der Waals surface area contributed by atoms with Gasteiger partial charge in [0, 0.05) is 52.9 Å². The minimum atomic E-state index is 0.178. The monoisotopic (exact) mass is 444 g/mol. The highest BCUT2D eigenvalue weighted by atomic mass is 35.5. The Morgan fingerprint density at radius 1 is 1.17 bits per heavy atom. The molecule has 0 spiro atoms. The van der Waals surface area contributed by atoms with Gasteiger partial charge in [0.25, 0.3) is 0 Å². The second-order valence-corrected chi connectivity index (χ2v) is 7.99. The van der Waals surface area contributed by atoms with Gasteiger partial charge in [0.2, 0.25) is 5.88 Å². The first-order chi connectivity index (χ1) is 14.6.